The van der Waals surface area contributed by atoms with Gasteiger partial charge in [-0.2, -0.15) is 0 Å². The van der Waals surface area contributed by atoms with Gasteiger partial charge in [0.2, 0.25) is 11.8 Å². The number of nitrogens with one attached hydrogen (secondary N) is 3. The Morgan fingerprint density at radius 1 is 0.800 bits per heavy atom. The van der Waals surface area contributed by atoms with Crippen LogP contribution in [0.4, 0.5) is 0 Å². The first-order valence-corrected chi connectivity index (χ1v) is 17.9. The molecule has 1 heterocycles. The lowest BCUT2D eigenvalue weighted by Crippen LogP contribution is -2.45. The highest BCUT2D eigenvalue weighted by Crippen LogP contribution is 2.46. The maximum atomic E-state index is 13.6. The van der Waals surface area contributed by atoms with Gasteiger partial charge in [0.25, 0.3) is 5.91 Å². The van der Waals surface area contributed by atoms with Crippen LogP contribution in [0, 0.1) is 11.8 Å². The Balaban J connectivity index is 1.41. The molecule has 3 amide bonds. The maximum absolute atomic E-state index is 13.6. The van der Waals surface area contributed by atoms with E-state index < -0.39 is 31.2 Å². The van der Waals surface area contributed by atoms with Crippen LogP contribution in [0.1, 0.15) is 48.4 Å². The molecule has 0 aliphatic carbocycles. The Labute approximate surface area is 292 Å². The van der Waals surface area contributed by atoms with E-state index in [1.54, 1.807) is 24.3 Å². The van der Waals surface area contributed by atoms with Gasteiger partial charge in [-0.1, -0.05) is 67.6 Å². The van der Waals surface area contributed by atoms with E-state index >= 15 is 0 Å². The van der Waals surface area contributed by atoms with Crippen LogP contribution in [0.2, 0.25) is 0 Å². The van der Waals surface area contributed by atoms with Crippen molar-refractivity contribution < 1.29 is 42.0 Å². The van der Waals surface area contributed by atoms with Gasteiger partial charge in [-0.3, -0.25) is 23.8 Å². The van der Waals surface area contributed by atoms with Crippen LogP contribution in [-0.4, -0.2) is 45.2 Å². The lowest BCUT2D eigenvalue weighted by Gasteiger charge is -2.25. The van der Waals surface area contributed by atoms with E-state index in [1.807, 2.05) is 74.5 Å². The second-order valence-electron chi connectivity index (χ2n) is 11.3. The maximum Gasteiger partial charge on any atom is 0.360 e. The van der Waals surface area contributed by atoms with Crippen LogP contribution < -0.4 is 26.2 Å². The summed E-state index contributed by atoms with van der Waals surface area (Å²) in [7, 11) is -1.03. The van der Waals surface area contributed by atoms with Gasteiger partial charge >= 0.3 is 7.60 Å². The molecule has 2 atom stereocenters. The van der Waals surface area contributed by atoms with E-state index in [-0.39, 0.29) is 30.2 Å². The van der Waals surface area contributed by atoms with Gasteiger partial charge in [-0.15, -0.1) is 0 Å². The number of aryl methyl sites for hydroxylation is 1. The number of amides is 3. The average molecular weight is 706 g/mol. The summed E-state index contributed by atoms with van der Waals surface area (Å²) in [6.07, 6.45) is 1.37. The molecule has 0 bridgehead atoms. The number of ether oxygens (including phenoxy) is 1. The molecule has 0 fully saturated rings. The predicted molar refractivity (Wildman–Crippen MR) is 188 cm³/mol. The summed E-state index contributed by atoms with van der Waals surface area (Å²) in [6, 6.07) is 27.1. The fourth-order valence-electron chi connectivity index (χ4n) is 5.44. The van der Waals surface area contributed by atoms with Gasteiger partial charge in [0.05, 0.1) is 31.1 Å². The van der Waals surface area contributed by atoms with Crippen molar-refractivity contribution in [3.63, 3.8) is 0 Å². The highest BCUT2D eigenvalue weighted by molar-refractivity contribution is 7.62. The Hall–Kier alpha value is -4.74. The molecule has 4 rings (SSSR count). The third-order valence-electron chi connectivity index (χ3n) is 8.07. The summed E-state index contributed by atoms with van der Waals surface area (Å²) in [5.74, 6) is -2.01. The van der Waals surface area contributed by atoms with Crippen molar-refractivity contribution in [2.24, 2.45) is 11.8 Å². The number of benzene rings is 3. The molecule has 0 saturated heterocycles. The molecule has 4 aromatic rings. The Kier molecular flexibility index (Phi) is 14.4. The van der Waals surface area contributed by atoms with Crippen LogP contribution in [0.25, 0.3) is 11.3 Å². The van der Waals surface area contributed by atoms with E-state index in [1.165, 1.54) is 20.3 Å². The molecule has 3 aromatic carbocycles. The quantitative estimate of drug-likeness (QED) is 0.0626. The smallest absolute Gasteiger partial charge is 0.360 e. The third-order valence-corrected chi connectivity index (χ3v) is 9.92. The molecular formula is C37H44N3O9P. The minimum Gasteiger partial charge on any atom is -0.494 e. The molecule has 0 radical (unpaired) electrons. The van der Waals surface area contributed by atoms with Gasteiger partial charge in [0.15, 0.2) is 5.76 Å². The van der Waals surface area contributed by atoms with Crippen molar-refractivity contribution in [1.29, 1.82) is 0 Å². The minimum absolute atomic E-state index is 0.0127. The van der Waals surface area contributed by atoms with Crippen LogP contribution in [0.3, 0.4) is 0 Å². The van der Waals surface area contributed by atoms with Crippen molar-refractivity contribution in [1.82, 2.24) is 16.1 Å². The Morgan fingerprint density at radius 2 is 1.48 bits per heavy atom. The summed E-state index contributed by atoms with van der Waals surface area (Å²) in [6.45, 7) is 4.01. The van der Waals surface area contributed by atoms with Crippen LogP contribution in [-0.2, 0) is 41.1 Å². The zero-order valence-electron chi connectivity index (χ0n) is 28.7. The highest BCUT2D eigenvalue weighted by atomic mass is 31.2. The van der Waals surface area contributed by atoms with E-state index in [9.17, 15) is 18.9 Å². The number of rotatable bonds is 19. The standard InChI is InChI=1S/C37H44N3O9P/c1-5-31(36(42)40-48-24-27-15-11-8-12-16-27)32(18-17-26-13-9-7-10-14-26)35(41)38-25-39-37(43)34-20-19-33(49-34)28-21-29(47-6-2)23-30(22-28)50(44,45-3)46-4/h7-16,19-23,31-32H,5-6,17-18,24-25H2,1-4H3,(H,38,41)(H,39,43)(H,40,42)/t31-,32-/m1/s1. The first kappa shape index (κ1) is 38.1. The van der Waals surface area contributed by atoms with Gasteiger partial charge < -0.3 is 28.8 Å². The number of carbonyl (C=O) groups is 3. The van der Waals surface area contributed by atoms with Crippen molar-refractivity contribution in [3.8, 4) is 17.1 Å². The highest BCUT2D eigenvalue weighted by Gasteiger charge is 2.33. The second kappa shape index (κ2) is 18.9. The summed E-state index contributed by atoms with van der Waals surface area (Å²) >= 11 is 0. The largest absolute Gasteiger partial charge is 0.494 e. The van der Waals surface area contributed by atoms with Crippen LogP contribution in [0.15, 0.2) is 95.4 Å². The fraction of sp³-hybridized carbons (Fsp3) is 0.324. The molecule has 50 heavy (non-hydrogen) atoms. The van der Waals surface area contributed by atoms with E-state index in [2.05, 4.69) is 16.1 Å². The monoisotopic (exact) mass is 705 g/mol. The third kappa shape index (κ3) is 10.4. The SMILES string of the molecule is CCOc1cc(-c2ccc(C(=O)NCNC(=O)[C@H](CCc3ccccc3)[C@@H](CC)C(=O)NOCc3ccccc3)o2)cc(P(=O)(OC)OC)c1. The zero-order chi connectivity index (χ0) is 35.9. The van der Waals surface area contributed by atoms with Gasteiger partial charge in [-0.05, 0) is 67.6 Å². The molecule has 0 aliphatic rings. The Bertz CT molecular complexity index is 1740. The molecule has 12 nitrogen and oxygen atoms in total. The minimum atomic E-state index is -3.61. The van der Waals surface area contributed by atoms with E-state index in [0.717, 1.165) is 11.1 Å². The van der Waals surface area contributed by atoms with Crippen LogP contribution >= 0.6 is 7.60 Å². The molecule has 266 valence electrons. The van der Waals surface area contributed by atoms with Crippen molar-refractivity contribution in [2.45, 2.75) is 39.7 Å². The summed E-state index contributed by atoms with van der Waals surface area (Å²) in [5.41, 5.74) is 4.94. The van der Waals surface area contributed by atoms with E-state index in [0.29, 0.717) is 42.9 Å². The molecule has 13 heteroatoms. The number of hydrogen-bond acceptors (Lipinski definition) is 9. The summed E-state index contributed by atoms with van der Waals surface area (Å²) in [5, 5.41) is 5.67. The average Bonchev–Trinajstić information content (AvgIpc) is 3.64. The number of carbonyl (C=O) groups excluding carboxylic acids is 3. The van der Waals surface area contributed by atoms with Crippen molar-refractivity contribution in [2.75, 3.05) is 27.5 Å². The fourth-order valence-corrected chi connectivity index (χ4v) is 6.59. The summed E-state index contributed by atoms with van der Waals surface area (Å²) in [4.78, 5) is 45.3. The molecule has 0 spiro atoms. The first-order valence-electron chi connectivity index (χ1n) is 16.4. The normalized spacial score (nSPS) is 12.5. The molecule has 0 aliphatic heterocycles. The molecular weight excluding hydrogens is 661 g/mol. The second-order valence-corrected chi connectivity index (χ2v) is 13.5. The zero-order valence-corrected chi connectivity index (χ0v) is 29.6. The van der Waals surface area contributed by atoms with Crippen molar-refractivity contribution >= 4 is 30.6 Å². The topological polar surface area (TPSA) is 154 Å². The molecule has 1 aromatic heterocycles. The van der Waals surface area contributed by atoms with Gasteiger partial charge in [0, 0.05) is 25.7 Å². The Morgan fingerprint density at radius 3 is 2.12 bits per heavy atom. The number of furan rings is 1. The molecule has 0 saturated carbocycles. The lowest BCUT2D eigenvalue weighted by molar-refractivity contribution is -0.144. The van der Waals surface area contributed by atoms with Gasteiger partial charge in [-0.25, -0.2) is 5.48 Å². The first-order chi connectivity index (χ1) is 24.2. The number of hydrogen-bond donors (Lipinski definition) is 3. The van der Waals surface area contributed by atoms with E-state index in [4.69, 9.17) is 23.0 Å². The lowest BCUT2D eigenvalue weighted by atomic mass is 9.84. The van der Waals surface area contributed by atoms with Crippen LogP contribution in [0.5, 0.6) is 5.75 Å². The molecule has 0 unspecified atom stereocenters. The molecule has 3 N–H and O–H groups in total. The predicted octanol–water partition coefficient (Wildman–Crippen LogP) is 5.78. The number of hydroxylamine groups is 1. The van der Waals surface area contributed by atoms with Gasteiger partial charge in [0.1, 0.15) is 11.5 Å². The van der Waals surface area contributed by atoms with Crippen molar-refractivity contribution in [3.05, 3.63) is 108 Å². The summed E-state index contributed by atoms with van der Waals surface area (Å²) < 4.78 is 34.8.